The van der Waals surface area contributed by atoms with Crippen LogP contribution in [0.4, 0.5) is 0 Å². The van der Waals surface area contributed by atoms with Crippen molar-refractivity contribution in [1.29, 1.82) is 0 Å². The lowest BCUT2D eigenvalue weighted by atomic mass is 9.94. The third-order valence-corrected chi connectivity index (χ3v) is 3.05. The maximum Gasteiger partial charge on any atom is 0.168 e. The smallest absolute Gasteiger partial charge is 0.168 e. The van der Waals surface area contributed by atoms with E-state index in [0.717, 1.165) is 17.6 Å². The summed E-state index contributed by atoms with van der Waals surface area (Å²) in [6.07, 6.45) is 2.54. The normalized spacial score (nSPS) is 30.1. The van der Waals surface area contributed by atoms with Gasteiger partial charge < -0.3 is 10.2 Å². The van der Waals surface area contributed by atoms with Crippen molar-refractivity contribution in [2.45, 2.75) is 32.7 Å². The van der Waals surface area contributed by atoms with E-state index in [9.17, 15) is 0 Å². The van der Waals surface area contributed by atoms with E-state index in [1.54, 1.807) is 0 Å². The van der Waals surface area contributed by atoms with Crippen molar-refractivity contribution in [3.05, 3.63) is 0 Å². The van der Waals surface area contributed by atoms with Gasteiger partial charge >= 0.3 is 0 Å². The largest absolute Gasteiger partial charge is 0.366 e. The molecule has 1 N–H and O–H groups in total. The lowest BCUT2D eigenvalue weighted by Crippen LogP contribution is -2.47. The van der Waals surface area contributed by atoms with Crippen molar-refractivity contribution in [3.63, 3.8) is 0 Å². The first-order chi connectivity index (χ1) is 5.65. The van der Waals surface area contributed by atoms with Crippen LogP contribution in [0.3, 0.4) is 0 Å². The molecule has 0 aromatic carbocycles. The summed E-state index contributed by atoms with van der Waals surface area (Å²) in [7, 11) is 1.90. The van der Waals surface area contributed by atoms with E-state index in [1.807, 2.05) is 7.05 Å². The average molecular weight is 186 g/mol. The van der Waals surface area contributed by atoms with Crippen LogP contribution in [-0.2, 0) is 0 Å². The number of likely N-dealkylation sites (tertiary alicyclic amines) is 1. The van der Waals surface area contributed by atoms with Gasteiger partial charge in [-0.1, -0.05) is 6.92 Å². The number of rotatable bonds is 0. The quantitative estimate of drug-likeness (QED) is 0.579. The average Bonchev–Trinajstić information content (AvgIpc) is 2.03. The molecule has 12 heavy (non-hydrogen) atoms. The molecule has 1 fully saturated rings. The molecule has 70 valence electrons. The van der Waals surface area contributed by atoms with Gasteiger partial charge in [-0.15, -0.1) is 0 Å². The van der Waals surface area contributed by atoms with Gasteiger partial charge in [0.25, 0.3) is 0 Å². The Kier molecular flexibility index (Phi) is 3.32. The maximum atomic E-state index is 5.21. The predicted octanol–water partition coefficient (Wildman–Crippen LogP) is 1.61. The molecule has 0 spiro atoms. The van der Waals surface area contributed by atoms with Crippen molar-refractivity contribution in [3.8, 4) is 0 Å². The Morgan fingerprint density at radius 3 is 2.67 bits per heavy atom. The summed E-state index contributed by atoms with van der Waals surface area (Å²) in [5.41, 5.74) is 0. The summed E-state index contributed by atoms with van der Waals surface area (Å²) >= 11 is 5.21. The fourth-order valence-electron chi connectivity index (χ4n) is 1.85. The highest BCUT2D eigenvalue weighted by Gasteiger charge is 2.23. The predicted molar refractivity (Wildman–Crippen MR) is 56.2 cm³/mol. The summed E-state index contributed by atoms with van der Waals surface area (Å²) in [5, 5.41) is 3.93. The van der Waals surface area contributed by atoms with Gasteiger partial charge in [0.1, 0.15) is 0 Å². The monoisotopic (exact) mass is 186 g/mol. The molecule has 0 aromatic heterocycles. The molecule has 2 atom stereocenters. The van der Waals surface area contributed by atoms with Crippen LogP contribution >= 0.6 is 12.2 Å². The van der Waals surface area contributed by atoms with E-state index in [0.29, 0.717) is 6.04 Å². The molecule has 0 radical (unpaired) electrons. The molecule has 0 aliphatic carbocycles. The summed E-state index contributed by atoms with van der Waals surface area (Å²) < 4.78 is 0. The van der Waals surface area contributed by atoms with Gasteiger partial charge in [0, 0.05) is 19.6 Å². The Morgan fingerprint density at radius 1 is 1.50 bits per heavy atom. The first-order valence-electron chi connectivity index (χ1n) is 4.63. The molecule has 3 heteroatoms. The Balaban J connectivity index is 2.50. The van der Waals surface area contributed by atoms with Crippen LogP contribution < -0.4 is 5.32 Å². The highest BCUT2D eigenvalue weighted by molar-refractivity contribution is 7.80. The minimum Gasteiger partial charge on any atom is -0.366 e. The molecule has 2 unspecified atom stereocenters. The Labute approximate surface area is 80.3 Å². The minimum absolute atomic E-state index is 0.605. The standard InChI is InChI=1S/C9H18N2S/c1-7-4-5-11(8(2)6-7)9(12)10-3/h7-8H,4-6H2,1-3H3,(H,10,12). The van der Waals surface area contributed by atoms with E-state index in [-0.39, 0.29) is 0 Å². The second-order valence-corrected chi connectivity index (χ2v) is 4.11. The highest BCUT2D eigenvalue weighted by Crippen LogP contribution is 2.21. The zero-order chi connectivity index (χ0) is 9.14. The second kappa shape index (κ2) is 4.08. The van der Waals surface area contributed by atoms with Crippen LogP contribution in [0.15, 0.2) is 0 Å². The Morgan fingerprint density at radius 2 is 2.17 bits per heavy atom. The molecular formula is C9H18N2S. The van der Waals surface area contributed by atoms with Crippen molar-refractivity contribution in [1.82, 2.24) is 10.2 Å². The molecule has 1 saturated heterocycles. The molecule has 0 amide bonds. The molecule has 1 heterocycles. The van der Waals surface area contributed by atoms with Gasteiger partial charge in [0.05, 0.1) is 0 Å². The SMILES string of the molecule is CNC(=S)N1CCC(C)CC1C. The van der Waals surface area contributed by atoms with Crippen LogP contribution in [0.1, 0.15) is 26.7 Å². The number of nitrogens with one attached hydrogen (secondary N) is 1. The van der Waals surface area contributed by atoms with Gasteiger partial charge in [-0.25, -0.2) is 0 Å². The van der Waals surface area contributed by atoms with Crippen LogP contribution in [0.5, 0.6) is 0 Å². The van der Waals surface area contributed by atoms with E-state index < -0.39 is 0 Å². The minimum atomic E-state index is 0.605. The van der Waals surface area contributed by atoms with Crippen LogP contribution in [0.25, 0.3) is 0 Å². The first-order valence-corrected chi connectivity index (χ1v) is 5.04. The maximum absolute atomic E-state index is 5.21. The molecule has 2 nitrogen and oxygen atoms in total. The summed E-state index contributed by atoms with van der Waals surface area (Å²) in [5.74, 6) is 0.857. The molecule has 1 aliphatic rings. The first kappa shape index (κ1) is 9.78. The van der Waals surface area contributed by atoms with Crippen LogP contribution in [0.2, 0.25) is 0 Å². The topological polar surface area (TPSA) is 15.3 Å². The number of hydrogen-bond acceptors (Lipinski definition) is 1. The molecule has 1 aliphatic heterocycles. The van der Waals surface area contributed by atoms with Gasteiger partial charge in [0.15, 0.2) is 5.11 Å². The van der Waals surface area contributed by atoms with E-state index >= 15 is 0 Å². The highest BCUT2D eigenvalue weighted by atomic mass is 32.1. The second-order valence-electron chi connectivity index (χ2n) is 3.73. The third kappa shape index (κ3) is 2.09. The van der Waals surface area contributed by atoms with Crippen molar-refractivity contribution in [2.24, 2.45) is 5.92 Å². The van der Waals surface area contributed by atoms with Gasteiger partial charge in [-0.3, -0.25) is 0 Å². The number of thiocarbonyl (C=S) groups is 1. The van der Waals surface area contributed by atoms with Gasteiger partial charge in [0.2, 0.25) is 0 Å². The molecule has 0 saturated carbocycles. The van der Waals surface area contributed by atoms with Gasteiger partial charge in [-0.05, 0) is 37.9 Å². The number of piperidine rings is 1. The Bertz CT molecular complexity index is 170. The Hall–Kier alpha value is -0.310. The van der Waals surface area contributed by atoms with Crippen molar-refractivity contribution >= 4 is 17.3 Å². The van der Waals surface area contributed by atoms with E-state index in [4.69, 9.17) is 12.2 Å². The van der Waals surface area contributed by atoms with Crippen molar-refractivity contribution in [2.75, 3.05) is 13.6 Å². The summed E-state index contributed by atoms with van der Waals surface area (Å²) in [6, 6.07) is 0.605. The zero-order valence-corrected chi connectivity index (χ0v) is 8.95. The summed E-state index contributed by atoms with van der Waals surface area (Å²) in [6.45, 7) is 5.68. The van der Waals surface area contributed by atoms with Crippen LogP contribution in [0, 0.1) is 5.92 Å². The molecular weight excluding hydrogens is 168 g/mol. The van der Waals surface area contributed by atoms with Gasteiger partial charge in [-0.2, -0.15) is 0 Å². The third-order valence-electron chi connectivity index (χ3n) is 2.61. The van der Waals surface area contributed by atoms with E-state index in [2.05, 4.69) is 24.1 Å². The summed E-state index contributed by atoms with van der Waals surface area (Å²) in [4.78, 5) is 2.29. The fourth-order valence-corrected chi connectivity index (χ4v) is 2.12. The molecule has 0 bridgehead atoms. The van der Waals surface area contributed by atoms with E-state index in [1.165, 1.54) is 12.8 Å². The number of nitrogens with zero attached hydrogens (tertiary/aromatic N) is 1. The van der Waals surface area contributed by atoms with Crippen LogP contribution in [-0.4, -0.2) is 29.6 Å². The van der Waals surface area contributed by atoms with Crippen molar-refractivity contribution < 1.29 is 0 Å². The lowest BCUT2D eigenvalue weighted by Gasteiger charge is -2.37. The number of hydrogen-bond donors (Lipinski definition) is 1. The molecule has 0 aromatic rings. The molecule has 1 rings (SSSR count). The fraction of sp³-hybridized carbons (Fsp3) is 0.889. The lowest BCUT2D eigenvalue weighted by molar-refractivity contribution is 0.208. The zero-order valence-electron chi connectivity index (χ0n) is 8.13.